The molecule has 0 aliphatic rings. The van der Waals surface area contributed by atoms with Gasteiger partial charge in [-0.25, -0.2) is 0 Å². The third-order valence-electron chi connectivity index (χ3n) is 4.27. The van der Waals surface area contributed by atoms with E-state index in [0.29, 0.717) is 17.7 Å². The first kappa shape index (κ1) is 17.9. The Morgan fingerprint density at radius 3 is 2.33 bits per heavy atom. The number of rotatable bonds is 6. The molecule has 0 aliphatic carbocycles. The number of hydrogen-bond acceptors (Lipinski definition) is 5. The Balaban J connectivity index is 1.90. The number of benzene rings is 1. The topological polar surface area (TPSA) is 69.4 Å². The fourth-order valence-electron chi connectivity index (χ4n) is 2.64. The Morgan fingerprint density at radius 2 is 1.71 bits per heavy atom. The zero-order chi connectivity index (χ0) is 17.9. The van der Waals surface area contributed by atoms with E-state index in [1.807, 2.05) is 46.8 Å². The molecule has 2 aromatic rings. The van der Waals surface area contributed by atoms with Gasteiger partial charge in [-0.1, -0.05) is 11.2 Å². The highest BCUT2D eigenvalue weighted by atomic mass is 16.5. The second-order valence-electron chi connectivity index (χ2n) is 6.14. The van der Waals surface area contributed by atoms with Gasteiger partial charge >= 0.3 is 5.97 Å². The van der Waals surface area contributed by atoms with Gasteiger partial charge in [0.15, 0.2) is 6.61 Å². The van der Waals surface area contributed by atoms with E-state index in [-0.39, 0.29) is 18.8 Å². The highest BCUT2D eigenvalue weighted by molar-refractivity contribution is 5.99. The first-order chi connectivity index (χ1) is 11.3. The van der Waals surface area contributed by atoms with Crippen LogP contribution in [0.3, 0.4) is 0 Å². The number of carbonyl (C=O) groups is 2. The highest BCUT2D eigenvalue weighted by Crippen LogP contribution is 2.17. The molecule has 0 unspecified atom stereocenters. The van der Waals surface area contributed by atoms with Gasteiger partial charge in [0.25, 0.3) is 0 Å². The Kier molecular flexibility index (Phi) is 5.54. The molecule has 0 spiro atoms. The summed E-state index contributed by atoms with van der Waals surface area (Å²) >= 11 is 0. The fraction of sp³-hybridized carbons (Fsp3) is 0.421. The summed E-state index contributed by atoms with van der Waals surface area (Å²) < 4.78 is 10.2. The number of aromatic nitrogens is 1. The summed E-state index contributed by atoms with van der Waals surface area (Å²) in [6.45, 7) is 9.27. The molecular weight excluding hydrogens is 306 g/mol. The van der Waals surface area contributed by atoms with E-state index in [0.717, 1.165) is 27.9 Å². The van der Waals surface area contributed by atoms with Gasteiger partial charge in [-0.05, 0) is 63.8 Å². The number of esters is 1. The van der Waals surface area contributed by atoms with Crippen LogP contribution in [0.4, 0.5) is 0 Å². The van der Waals surface area contributed by atoms with Crippen molar-refractivity contribution in [2.75, 3.05) is 6.61 Å². The van der Waals surface area contributed by atoms with Gasteiger partial charge in [0.2, 0.25) is 5.78 Å². The van der Waals surface area contributed by atoms with Crippen LogP contribution in [0.25, 0.3) is 0 Å². The summed E-state index contributed by atoms with van der Waals surface area (Å²) in [5.74, 6) is 0.133. The lowest BCUT2D eigenvalue weighted by atomic mass is 9.98. The zero-order valence-electron chi connectivity index (χ0n) is 14.9. The molecule has 0 saturated carbocycles. The Labute approximate surface area is 142 Å². The summed E-state index contributed by atoms with van der Waals surface area (Å²) in [5, 5.41) is 3.85. The number of hydrogen-bond donors (Lipinski definition) is 0. The van der Waals surface area contributed by atoms with E-state index in [1.165, 1.54) is 0 Å². The van der Waals surface area contributed by atoms with Gasteiger partial charge in [0.1, 0.15) is 5.76 Å². The molecular formula is C19H23NO4. The Bertz CT molecular complexity index is 754. The van der Waals surface area contributed by atoms with Crippen molar-refractivity contribution in [3.05, 3.63) is 51.4 Å². The van der Waals surface area contributed by atoms with Crippen molar-refractivity contribution in [3.63, 3.8) is 0 Å². The summed E-state index contributed by atoms with van der Waals surface area (Å²) in [5.41, 5.74) is 5.39. The van der Waals surface area contributed by atoms with E-state index >= 15 is 0 Å². The maximum Gasteiger partial charge on any atom is 0.306 e. The number of ketones is 1. The zero-order valence-corrected chi connectivity index (χ0v) is 14.9. The van der Waals surface area contributed by atoms with Crippen molar-refractivity contribution in [1.29, 1.82) is 0 Å². The van der Waals surface area contributed by atoms with E-state index in [2.05, 4.69) is 5.16 Å². The molecule has 24 heavy (non-hydrogen) atoms. The molecule has 0 saturated heterocycles. The Morgan fingerprint density at radius 1 is 1.04 bits per heavy atom. The molecule has 0 fully saturated rings. The van der Waals surface area contributed by atoms with Crippen LogP contribution < -0.4 is 0 Å². The quantitative estimate of drug-likeness (QED) is 0.598. The molecule has 0 atom stereocenters. The molecule has 1 heterocycles. The molecule has 0 aliphatic heterocycles. The summed E-state index contributed by atoms with van der Waals surface area (Å²) in [4.78, 5) is 24.1. The smallest absolute Gasteiger partial charge is 0.306 e. The number of Topliss-reactive ketones (excluding diaryl/α,β-unsaturated/α-hetero) is 1. The third kappa shape index (κ3) is 4.10. The van der Waals surface area contributed by atoms with Crippen molar-refractivity contribution < 1.29 is 18.8 Å². The number of nitrogens with zero attached hydrogens (tertiary/aromatic N) is 1. The summed E-state index contributed by atoms with van der Waals surface area (Å²) in [6.07, 6.45) is 0.693. The van der Waals surface area contributed by atoms with E-state index in [9.17, 15) is 9.59 Å². The van der Waals surface area contributed by atoms with Crippen LogP contribution in [-0.2, 0) is 16.0 Å². The lowest BCUT2D eigenvalue weighted by Crippen LogP contribution is -2.16. The highest BCUT2D eigenvalue weighted by Gasteiger charge is 2.15. The molecule has 0 bridgehead atoms. The molecule has 0 N–H and O–H groups in total. The molecule has 128 valence electrons. The van der Waals surface area contributed by atoms with E-state index in [1.54, 1.807) is 0 Å². The Hall–Kier alpha value is -2.43. The van der Waals surface area contributed by atoms with Crippen LogP contribution in [0, 0.1) is 34.6 Å². The second-order valence-corrected chi connectivity index (χ2v) is 6.14. The van der Waals surface area contributed by atoms with Crippen molar-refractivity contribution >= 4 is 11.8 Å². The van der Waals surface area contributed by atoms with Crippen LogP contribution in [0.5, 0.6) is 0 Å². The molecule has 0 radical (unpaired) electrons. The van der Waals surface area contributed by atoms with Crippen LogP contribution in [-0.4, -0.2) is 23.5 Å². The molecule has 5 nitrogen and oxygen atoms in total. The molecule has 2 rings (SSSR count). The number of aryl methyl sites for hydroxylation is 5. The average molecular weight is 329 g/mol. The molecule has 1 aromatic heterocycles. The lowest BCUT2D eigenvalue weighted by molar-refractivity contribution is -0.142. The number of ether oxygens (including phenoxy) is 1. The largest absolute Gasteiger partial charge is 0.457 e. The summed E-state index contributed by atoms with van der Waals surface area (Å²) in [6, 6.07) is 3.83. The normalized spacial score (nSPS) is 10.7. The minimum Gasteiger partial charge on any atom is -0.457 e. The van der Waals surface area contributed by atoms with E-state index < -0.39 is 5.97 Å². The van der Waals surface area contributed by atoms with Gasteiger partial charge in [0, 0.05) is 17.5 Å². The average Bonchev–Trinajstić information content (AvgIpc) is 2.85. The summed E-state index contributed by atoms with van der Waals surface area (Å²) in [7, 11) is 0. The van der Waals surface area contributed by atoms with Gasteiger partial charge in [-0.2, -0.15) is 0 Å². The van der Waals surface area contributed by atoms with Crippen molar-refractivity contribution in [3.8, 4) is 0 Å². The lowest BCUT2D eigenvalue weighted by Gasteiger charge is -2.09. The van der Waals surface area contributed by atoms with Gasteiger partial charge < -0.3 is 9.26 Å². The van der Waals surface area contributed by atoms with Crippen LogP contribution in [0.15, 0.2) is 16.7 Å². The predicted octanol–water partition coefficient (Wildman–Crippen LogP) is 3.58. The minimum absolute atomic E-state index is 0.179. The van der Waals surface area contributed by atoms with Crippen LogP contribution in [0.1, 0.15) is 50.5 Å². The molecule has 1 aromatic carbocycles. The third-order valence-corrected chi connectivity index (χ3v) is 4.27. The van der Waals surface area contributed by atoms with Gasteiger partial charge in [0.05, 0.1) is 5.69 Å². The fourth-order valence-corrected chi connectivity index (χ4v) is 2.64. The number of carbonyl (C=O) groups excluding carboxylic acids is 2. The maximum absolute atomic E-state index is 12.3. The standard InChI is InChI=1S/C19H23NO4/c1-11-8-13(3)17(9-12(11)2)18(21)10-23-19(22)7-6-16-14(4)20-24-15(16)5/h8-9H,6-7,10H2,1-5H3. The van der Waals surface area contributed by atoms with Crippen molar-refractivity contribution in [2.24, 2.45) is 0 Å². The van der Waals surface area contributed by atoms with Gasteiger partial charge in [-0.3, -0.25) is 9.59 Å². The van der Waals surface area contributed by atoms with Gasteiger partial charge in [-0.15, -0.1) is 0 Å². The van der Waals surface area contributed by atoms with E-state index in [4.69, 9.17) is 9.26 Å². The van der Waals surface area contributed by atoms with Crippen LogP contribution in [0.2, 0.25) is 0 Å². The minimum atomic E-state index is -0.398. The monoisotopic (exact) mass is 329 g/mol. The molecule has 0 amide bonds. The SMILES string of the molecule is Cc1cc(C)c(C(=O)COC(=O)CCc2c(C)noc2C)cc1C. The maximum atomic E-state index is 12.3. The van der Waals surface area contributed by atoms with Crippen LogP contribution >= 0.6 is 0 Å². The predicted molar refractivity (Wildman–Crippen MR) is 90.2 cm³/mol. The molecule has 5 heteroatoms. The first-order valence-corrected chi connectivity index (χ1v) is 7.98. The second kappa shape index (κ2) is 7.43. The first-order valence-electron chi connectivity index (χ1n) is 7.98. The van der Waals surface area contributed by atoms with Crippen molar-refractivity contribution in [1.82, 2.24) is 5.16 Å². The van der Waals surface area contributed by atoms with Crippen molar-refractivity contribution in [2.45, 2.75) is 47.5 Å².